The van der Waals surface area contributed by atoms with Gasteiger partial charge in [0.05, 0.1) is 6.10 Å². The van der Waals surface area contributed by atoms with Crippen LogP contribution in [0.5, 0.6) is 0 Å². The van der Waals surface area contributed by atoms with Crippen molar-refractivity contribution in [3.05, 3.63) is 0 Å². The molecule has 0 bridgehead atoms. The first-order valence-electron chi connectivity index (χ1n) is 9.24. The number of hydrogen-bond donors (Lipinski definition) is 3. The van der Waals surface area contributed by atoms with Crippen LogP contribution in [0.2, 0.25) is 0 Å². The quantitative estimate of drug-likeness (QED) is 0.677. The molecule has 1 saturated carbocycles. The minimum absolute atomic E-state index is 0.0611. The van der Waals surface area contributed by atoms with Gasteiger partial charge in [0, 0.05) is 45.3 Å². The predicted molar refractivity (Wildman–Crippen MR) is 92.5 cm³/mol. The summed E-state index contributed by atoms with van der Waals surface area (Å²) in [5.74, 6) is 0.460. The Morgan fingerprint density at radius 1 is 1.13 bits per heavy atom. The van der Waals surface area contributed by atoms with Gasteiger partial charge in [0.25, 0.3) is 0 Å². The predicted octanol–water partition coefficient (Wildman–Crippen LogP) is 0.863. The van der Waals surface area contributed by atoms with Crippen LogP contribution in [0.3, 0.4) is 0 Å². The standard InChI is InChI=1S/C17H34N4O2/c1-3-20-8-10-21(11-9-20)13-14(2)12-18-17(23)19-15-4-6-16(22)7-5-15/h14-16,22H,3-13H2,1-2H3,(H2,18,19,23). The number of likely N-dealkylation sites (N-methyl/N-ethyl adjacent to an activating group) is 1. The Labute approximate surface area is 140 Å². The van der Waals surface area contributed by atoms with Gasteiger partial charge in [0.1, 0.15) is 0 Å². The number of carbonyl (C=O) groups is 1. The maximum Gasteiger partial charge on any atom is 0.315 e. The molecule has 1 atom stereocenters. The number of rotatable bonds is 6. The van der Waals surface area contributed by atoms with Crippen molar-refractivity contribution in [1.29, 1.82) is 0 Å². The average molecular weight is 326 g/mol. The van der Waals surface area contributed by atoms with E-state index in [0.29, 0.717) is 5.92 Å². The zero-order chi connectivity index (χ0) is 16.7. The highest BCUT2D eigenvalue weighted by atomic mass is 16.3. The molecule has 2 rings (SSSR count). The summed E-state index contributed by atoms with van der Waals surface area (Å²) in [6.45, 7) is 11.9. The second-order valence-electron chi connectivity index (χ2n) is 7.20. The molecule has 0 spiro atoms. The number of aliphatic hydroxyl groups is 1. The third kappa shape index (κ3) is 6.65. The Bertz CT molecular complexity index is 351. The molecule has 0 aromatic carbocycles. The molecule has 1 aliphatic carbocycles. The first-order chi connectivity index (χ1) is 11.1. The zero-order valence-corrected chi connectivity index (χ0v) is 14.8. The van der Waals surface area contributed by atoms with Gasteiger partial charge in [-0.3, -0.25) is 0 Å². The molecule has 2 amide bonds. The SMILES string of the molecule is CCN1CCN(CC(C)CNC(=O)NC2CCC(O)CC2)CC1. The van der Waals surface area contributed by atoms with Crippen molar-refractivity contribution in [2.24, 2.45) is 5.92 Å². The van der Waals surface area contributed by atoms with E-state index in [1.54, 1.807) is 0 Å². The normalized spacial score (nSPS) is 28.3. The molecular weight excluding hydrogens is 292 g/mol. The third-order valence-electron chi connectivity index (χ3n) is 5.13. The third-order valence-corrected chi connectivity index (χ3v) is 5.13. The molecule has 2 aliphatic rings. The van der Waals surface area contributed by atoms with Crippen LogP contribution >= 0.6 is 0 Å². The first-order valence-corrected chi connectivity index (χ1v) is 9.24. The van der Waals surface area contributed by atoms with Crippen molar-refractivity contribution in [3.63, 3.8) is 0 Å². The van der Waals surface area contributed by atoms with Crippen molar-refractivity contribution in [2.75, 3.05) is 45.8 Å². The van der Waals surface area contributed by atoms with Gasteiger partial charge in [0.15, 0.2) is 0 Å². The highest BCUT2D eigenvalue weighted by Gasteiger charge is 2.21. The molecule has 134 valence electrons. The van der Waals surface area contributed by atoms with E-state index in [-0.39, 0.29) is 18.2 Å². The molecule has 1 heterocycles. The summed E-state index contributed by atoms with van der Waals surface area (Å²) < 4.78 is 0. The van der Waals surface area contributed by atoms with Gasteiger partial charge in [0.2, 0.25) is 0 Å². The Balaban J connectivity index is 1.57. The van der Waals surface area contributed by atoms with E-state index in [0.717, 1.165) is 71.5 Å². The van der Waals surface area contributed by atoms with E-state index in [1.807, 2.05) is 0 Å². The van der Waals surface area contributed by atoms with Crippen molar-refractivity contribution >= 4 is 6.03 Å². The van der Waals surface area contributed by atoms with Gasteiger partial charge < -0.3 is 25.5 Å². The van der Waals surface area contributed by atoms with Gasteiger partial charge in [-0.2, -0.15) is 0 Å². The van der Waals surface area contributed by atoms with Gasteiger partial charge in [-0.1, -0.05) is 13.8 Å². The van der Waals surface area contributed by atoms with Gasteiger partial charge in [-0.05, 0) is 38.1 Å². The number of piperazine rings is 1. The molecule has 1 saturated heterocycles. The van der Waals surface area contributed by atoms with E-state index in [2.05, 4.69) is 34.3 Å². The Hall–Kier alpha value is -0.850. The van der Waals surface area contributed by atoms with E-state index in [1.165, 1.54) is 0 Å². The molecule has 6 nitrogen and oxygen atoms in total. The van der Waals surface area contributed by atoms with E-state index in [9.17, 15) is 9.90 Å². The van der Waals surface area contributed by atoms with Gasteiger partial charge in [-0.15, -0.1) is 0 Å². The minimum atomic E-state index is -0.177. The number of urea groups is 1. The molecule has 1 unspecified atom stereocenters. The Morgan fingerprint density at radius 3 is 2.35 bits per heavy atom. The number of amides is 2. The fourth-order valence-electron chi connectivity index (χ4n) is 3.52. The van der Waals surface area contributed by atoms with E-state index >= 15 is 0 Å². The second-order valence-corrected chi connectivity index (χ2v) is 7.20. The van der Waals surface area contributed by atoms with Crippen LogP contribution in [-0.4, -0.2) is 78.9 Å². The van der Waals surface area contributed by atoms with Crippen LogP contribution in [0.1, 0.15) is 39.5 Å². The summed E-state index contributed by atoms with van der Waals surface area (Å²) in [5, 5.41) is 15.5. The lowest BCUT2D eigenvalue weighted by molar-refractivity contribution is 0.117. The highest BCUT2D eigenvalue weighted by Crippen LogP contribution is 2.18. The fourth-order valence-corrected chi connectivity index (χ4v) is 3.52. The lowest BCUT2D eigenvalue weighted by Gasteiger charge is -2.35. The largest absolute Gasteiger partial charge is 0.393 e. The van der Waals surface area contributed by atoms with Crippen LogP contribution in [0.15, 0.2) is 0 Å². The van der Waals surface area contributed by atoms with E-state index in [4.69, 9.17) is 0 Å². The molecule has 0 aromatic rings. The number of hydrogen-bond acceptors (Lipinski definition) is 4. The van der Waals surface area contributed by atoms with Crippen LogP contribution in [0, 0.1) is 5.92 Å². The number of aliphatic hydroxyl groups excluding tert-OH is 1. The fraction of sp³-hybridized carbons (Fsp3) is 0.941. The maximum atomic E-state index is 12.0. The lowest BCUT2D eigenvalue weighted by Crippen LogP contribution is -2.49. The van der Waals surface area contributed by atoms with Crippen LogP contribution in [-0.2, 0) is 0 Å². The summed E-state index contributed by atoms with van der Waals surface area (Å²) in [4.78, 5) is 16.9. The Kier molecular flexibility index (Phi) is 7.59. The highest BCUT2D eigenvalue weighted by molar-refractivity contribution is 5.74. The molecule has 1 aliphatic heterocycles. The van der Waals surface area contributed by atoms with Crippen molar-refractivity contribution in [3.8, 4) is 0 Å². The molecule has 6 heteroatoms. The monoisotopic (exact) mass is 326 g/mol. The van der Waals surface area contributed by atoms with Gasteiger partial charge >= 0.3 is 6.03 Å². The number of nitrogens with zero attached hydrogens (tertiary/aromatic N) is 2. The molecule has 2 fully saturated rings. The molecule has 0 aromatic heterocycles. The zero-order valence-electron chi connectivity index (χ0n) is 14.8. The molecule has 23 heavy (non-hydrogen) atoms. The smallest absolute Gasteiger partial charge is 0.315 e. The summed E-state index contributed by atoms with van der Waals surface area (Å²) in [6, 6.07) is 0.157. The van der Waals surface area contributed by atoms with Gasteiger partial charge in [-0.25, -0.2) is 4.79 Å². The summed E-state index contributed by atoms with van der Waals surface area (Å²) in [5.41, 5.74) is 0. The second kappa shape index (κ2) is 9.45. The van der Waals surface area contributed by atoms with E-state index < -0.39 is 0 Å². The Morgan fingerprint density at radius 2 is 1.74 bits per heavy atom. The van der Waals surface area contributed by atoms with Crippen molar-refractivity contribution in [2.45, 2.75) is 51.7 Å². The van der Waals surface area contributed by atoms with Crippen LogP contribution in [0.4, 0.5) is 4.79 Å². The lowest BCUT2D eigenvalue weighted by atomic mass is 9.93. The average Bonchev–Trinajstić information content (AvgIpc) is 2.56. The molecule has 3 N–H and O–H groups in total. The summed E-state index contributed by atoms with van der Waals surface area (Å²) in [7, 11) is 0. The summed E-state index contributed by atoms with van der Waals surface area (Å²) in [6.07, 6.45) is 3.18. The summed E-state index contributed by atoms with van der Waals surface area (Å²) >= 11 is 0. The van der Waals surface area contributed by atoms with Crippen LogP contribution in [0.25, 0.3) is 0 Å². The van der Waals surface area contributed by atoms with Crippen molar-refractivity contribution in [1.82, 2.24) is 20.4 Å². The maximum absolute atomic E-state index is 12.0. The minimum Gasteiger partial charge on any atom is -0.393 e. The van der Waals surface area contributed by atoms with Crippen LogP contribution < -0.4 is 10.6 Å². The van der Waals surface area contributed by atoms with Crippen molar-refractivity contribution < 1.29 is 9.90 Å². The first kappa shape index (κ1) is 18.5. The topological polar surface area (TPSA) is 67.8 Å². The molecular formula is C17H34N4O2. The molecule has 0 radical (unpaired) electrons. The number of carbonyl (C=O) groups excluding carboxylic acids is 1. The number of nitrogens with one attached hydrogen (secondary N) is 2.